The van der Waals surface area contributed by atoms with E-state index in [9.17, 15) is 0 Å². The number of rotatable bonds is 2. The Balaban J connectivity index is 2.61. The molecule has 0 N–H and O–H groups in total. The molecule has 1 aromatic carbocycles. The van der Waals surface area contributed by atoms with Gasteiger partial charge in [-0.1, -0.05) is 0 Å². The fourth-order valence-electron chi connectivity index (χ4n) is 0.658. The standard InChI is InChI=1S/C8H10I/c1-2-9-8-6-4-3-5-7-8/h3-7H,2H2,1H3/q-1. The van der Waals surface area contributed by atoms with Gasteiger partial charge in [-0.05, 0) is 0 Å². The molecule has 1 heteroatoms. The number of hydrogen-bond donors (Lipinski definition) is 0. The zero-order chi connectivity index (χ0) is 6.53. The van der Waals surface area contributed by atoms with Gasteiger partial charge in [0.1, 0.15) is 0 Å². The molecule has 0 heterocycles. The summed E-state index contributed by atoms with van der Waals surface area (Å²) in [5.41, 5.74) is 0. The maximum absolute atomic E-state index is 2.25. The molecule has 1 aromatic rings. The molecular formula is C8H10I-. The second-order valence-corrected chi connectivity index (χ2v) is 5.23. The Hall–Kier alpha value is -0.0500. The van der Waals surface area contributed by atoms with Crippen LogP contribution in [0.4, 0.5) is 0 Å². The summed E-state index contributed by atoms with van der Waals surface area (Å²) in [7, 11) is 0. The minimum absolute atomic E-state index is 0.330. The van der Waals surface area contributed by atoms with E-state index < -0.39 is 0 Å². The number of halogens is 1. The molecular weight excluding hydrogens is 223 g/mol. The Bertz CT molecular complexity index is 157. The second-order valence-electron chi connectivity index (χ2n) is 1.70. The van der Waals surface area contributed by atoms with Crippen LogP contribution >= 0.6 is 0 Å². The van der Waals surface area contributed by atoms with E-state index in [-0.39, 0.29) is 0 Å². The summed E-state index contributed by atoms with van der Waals surface area (Å²) in [5.74, 6) is 0. The fraction of sp³-hybridized carbons (Fsp3) is 0.250. The van der Waals surface area contributed by atoms with Gasteiger partial charge in [-0.3, -0.25) is 0 Å². The Morgan fingerprint density at radius 3 is 2.44 bits per heavy atom. The molecule has 0 radical (unpaired) electrons. The van der Waals surface area contributed by atoms with E-state index in [1.165, 1.54) is 4.43 Å². The normalized spacial score (nSPS) is 9.89. The van der Waals surface area contributed by atoms with Gasteiger partial charge in [0, 0.05) is 0 Å². The summed E-state index contributed by atoms with van der Waals surface area (Å²) in [6, 6.07) is 10.7. The first-order chi connectivity index (χ1) is 4.43. The first-order valence-electron chi connectivity index (χ1n) is 3.07. The van der Waals surface area contributed by atoms with Gasteiger partial charge in [-0.25, -0.2) is 0 Å². The monoisotopic (exact) mass is 233 g/mol. The van der Waals surface area contributed by atoms with Crippen molar-refractivity contribution < 1.29 is 21.2 Å². The van der Waals surface area contributed by atoms with Gasteiger partial charge in [0.2, 0.25) is 0 Å². The van der Waals surface area contributed by atoms with Gasteiger partial charge in [0.15, 0.2) is 0 Å². The van der Waals surface area contributed by atoms with Crippen LogP contribution < -0.4 is 21.2 Å². The summed E-state index contributed by atoms with van der Waals surface area (Å²) in [6.45, 7) is 2.25. The Morgan fingerprint density at radius 2 is 1.89 bits per heavy atom. The van der Waals surface area contributed by atoms with E-state index >= 15 is 0 Å². The first kappa shape index (κ1) is 7.06. The van der Waals surface area contributed by atoms with Crippen LogP contribution in [0.25, 0.3) is 0 Å². The topological polar surface area (TPSA) is 0 Å². The summed E-state index contributed by atoms with van der Waals surface area (Å²) < 4.78 is 2.90. The van der Waals surface area contributed by atoms with Gasteiger partial charge in [0.25, 0.3) is 0 Å². The van der Waals surface area contributed by atoms with Crippen molar-refractivity contribution in [2.45, 2.75) is 6.92 Å². The zero-order valence-electron chi connectivity index (χ0n) is 5.47. The van der Waals surface area contributed by atoms with E-state index in [1.54, 1.807) is 3.57 Å². The third kappa shape index (κ3) is 2.35. The molecule has 0 aromatic heterocycles. The van der Waals surface area contributed by atoms with Crippen molar-refractivity contribution in [2.24, 2.45) is 0 Å². The van der Waals surface area contributed by atoms with Crippen molar-refractivity contribution >= 4 is 0 Å². The molecule has 0 spiro atoms. The quantitative estimate of drug-likeness (QED) is 0.452. The molecule has 50 valence electrons. The van der Waals surface area contributed by atoms with Crippen molar-refractivity contribution in [3.8, 4) is 0 Å². The van der Waals surface area contributed by atoms with Gasteiger partial charge >= 0.3 is 66.5 Å². The number of benzene rings is 1. The molecule has 0 amide bonds. The van der Waals surface area contributed by atoms with Crippen LogP contribution in [0, 0.1) is 3.57 Å². The van der Waals surface area contributed by atoms with Gasteiger partial charge in [-0.2, -0.15) is 0 Å². The Kier molecular flexibility index (Phi) is 3.04. The van der Waals surface area contributed by atoms with Crippen molar-refractivity contribution in [2.75, 3.05) is 4.43 Å². The summed E-state index contributed by atoms with van der Waals surface area (Å²) in [6.07, 6.45) is 0. The zero-order valence-corrected chi connectivity index (χ0v) is 7.63. The third-order valence-electron chi connectivity index (χ3n) is 1.02. The molecule has 0 aliphatic carbocycles. The van der Waals surface area contributed by atoms with E-state index in [0.717, 1.165) is 0 Å². The van der Waals surface area contributed by atoms with Gasteiger partial charge in [0.05, 0.1) is 0 Å². The first-order valence-corrected chi connectivity index (χ1v) is 5.68. The van der Waals surface area contributed by atoms with Crippen molar-refractivity contribution in [3.63, 3.8) is 0 Å². The average Bonchev–Trinajstić information content (AvgIpc) is 1.91. The maximum atomic E-state index is 2.25. The van der Waals surface area contributed by atoms with E-state index in [2.05, 4.69) is 37.3 Å². The molecule has 0 saturated carbocycles. The molecule has 0 aliphatic heterocycles. The van der Waals surface area contributed by atoms with Gasteiger partial charge < -0.3 is 0 Å². The number of hydrogen-bond acceptors (Lipinski definition) is 0. The summed E-state index contributed by atoms with van der Waals surface area (Å²) in [4.78, 5) is 0. The van der Waals surface area contributed by atoms with Crippen molar-refractivity contribution in [1.29, 1.82) is 0 Å². The van der Waals surface area contributed by atoms with Crippen LogP contribution in [-0.4, -0.2) is 4.43 Å². The van der Waals surface area contributed by atoms with E-state index in [1.807, 2.05) is 0 Å². The number of alkyl halides is 1. The van der Waals surface area contributed by atoms with Crippen LogP contribution in [0.2, 0.25) is 0 Å². The molecule has 0 aliphatic rings. The van der Waals surface area contributed by atoms with Crippen LogP contribution in [-0.2, 0) is 0 Å². The second kappa shape index (κ2) is 3.88. The predicted molar refractivity (Wildman–Crippen MR) is 35.7 cm³/mol. The fourth-order valence-corrected chi connectivity index (χ4v) is 2.46. The predicted octanol–water partition coefficient (Wildman–Crippen LogP) is -1.03. The van der Waals surface area contributed by atoms with Crippen LogP contribution in [0.1, 0.15) is 6.92 Å². The van der Waals surface area contributed by atoms with Crippen LogP contribution in [0.3, 0.4) is 0 Å². The summed E-state index contributed by atoms with van der Waals surface area (Å²) >= 11 is 0.330. The van der Waals surface area contributed by atoms with Crippen LogP contribution in [0.15, 0.2) is 30.3 Å². The SMILES string of the molecule is CC[I-]c1ccccc1. The molecule has 0 unspecified atom stereocenters. The van der Waals surface area contributed by atoms with E-state index in [0.29, 0.717) is 21.2 Å². The summed E-state index contributed by atoms with van der Waals surface area (Å²) in [5, 5.41) is 0. The molecule has 9 heavy (non-hydrogen) atoms. The molecule has 1 rings (SSSR count). The average molecular weight is 233 g/mol. The van der Waals surface area contributed by atoms with Gasteiger partial charge in [-0.15, -0.1) is 0 Å². The molecule has 0 fully saturated rings. The Labute approximate surface area is 66.5 Å². The van der Waals surface area contributed by atoms with Crippen LogP contribution in [0.5, 0.6) is 0 Å². The minimum atomic E-state index is 0.330. The van der Waals surface area contributed by atoms with Crippen molar-refractivity contribution in [3.05, 3.63) is 33.9 Å². The molecule has 0 bridgehead atoms. The third-order valence-corrected chi connectivity index (χ3v) is 3.38. The van der Waals surface area contributed by atoms with E-state index in [4.69, 9.17) is 0 Å². The molecule has 0 saturated heterocycles. The molecule has 0 atom stereocenters. The Morgan fingerprint density at radius 1 is 1.22 bits per heavy atom. The van der Waals surface area contributed by atoms with Crippen molar-refractivity contribution in [1.82, 2.24) is 0 Å². The molecule has 0 nitrogen and oxygen atoms in total.